The van der Waals surface area contributed by atoms with Gasteiger partial charge in [0.15, 0.2) is 0 Å². The average Bonchev–Trinajstić information content (AvgIpc) is 2.65. The van der Waals surface area contributed by atoms with Crippen molar-refractivity contribution in [2.24, 2.45) is 0 Å². The van der Waals surface area contributed by atoms with E-state index in [4.69, 9.17) is 9.47 Å². The van der Waals surface area contributed by atoms with Crippen LogP contribution in [0, 0.1) is 0 Å². The zero-order valence-electron chi connectivity index (χ0n) is 17.4. The maximum absolute atomic E-state index is 12.6. The highest BCUT2D eigenvalue weighted by atomic mass is 16.5. The molecule has 1 aromatic rings. The maximum atomic E-state index is 12.6. The van der Waals surface area contributed by atoms with Gasteiger partial charge in [0, 0.05) is 0 Å². The molecule has 2 aliphatic carbocycles. The van der Waals surface area contributed by atoms with Gasteiger partial charge >= 0.3 is 11.9 Å². The van der Waals surface area contributed by atoms with Crippen molar-refractivity contribution < 1.29 is 24.2 Å². The molecule has 0 heterocycles. The molecular weight excluding hydrogens is 368 g/mol. The van der Waals surface area contributed by atoms with Crippen LogP contribution in [0.1, 0.15) is 111 Å². The number of ether oxygens (including phenoxy) is 2. The predicted molar refractivity (Wildman–Crippen MR) is 111 cm³/mol. The minimum Gasteiger partial charge on any atom is -0.508 e. The van der Waals surface area contributed by atoms with E-state index in [1.54, 1.807) is 0 Å². The van der Waals surface area contributed by atoms with E-state index in [-0.39, 0.29) is 29.1 Å². The second kappa shape index (κ2) is 11.2. The van der Waals surface area contributed by atoms with Crippen molar-refractivity contribution in [3.05, 3.63) is 29.3 Å². The molecule has 0 aliphatic heterocycles. The van der Waals surface area contributed by atoms with Crippen LogP contribution in [0.25, 0.3) is 0 Å². The Morgan fingerprint density at radius 3 is 1.34 bits per heavy atom. The topological polar surface area (TPSA) is 72.8 Å². The van der Waals surface area contributed by atoms with Gasteiger partial charge in [0.05, 0.1) is 11.1 Å². The smallest absolute Gasteiger partial charge is 0.338 e. The van der Waals surface area contributed by atoms with Crippen molar-refractivity contribution in [3.63, 3.8) is 0 Å². The van der Waals surface area contributed by atoms with Gasteiger partial charge in [0.2, 0.25) is 0 Å². The van der Waals surface area contributed by atoms with Gasteiger partial charge in [-0.05, 0) is 69.6 Å². The molecule has 0 unspecified atom stereocenters. The summed E-state index contributed by atoms with van der Waals surface area (Å²) in [7, 11) is 0. The highest BCUT2D eigenvalue weighted by molar-refractivity contribution is 5.96. The zero-order valence-corrected chi connectivity index (χ0v) is 17.4. The Hall–Kier alpha value is -2.04. The Kier molecular flexibility index (Phi) is 8.38. The second-order valence-corrected chi connectivity index (χ2v) is 8.51. The number of carbonyl (C=O) groups excluding carboxylic acids is 2. The van der Waals surface area contributed by atoms with E-state index in [0.29, 0.717) is 0 Å². The molecule has 0 saturated heterocycles. The summed E-state index contributed by atoms with van der Waals surface area (Å²) in [6.07, 6.45) is 14.8. The van der Waals surface area contributed by atoms with Crippen molar-refractivity contribution in [2.75, 3.05) is 0 Å². The van der Waals surface area contributed by atoms with Gasteiger partial charge in [-0.1, -0.05) is 38.5 Å². The fraction of sp³-hybridized carbons (Fsp3) is 0.667. The number of carbonyl (C=O) groups is 2. The van der Waals surface area contributed by atoms with Crippen molar-refractivity contribution in [3.8, 4) is 5.75 Å². The lowest BCUT2D eigenvalue weighted by atomic mass is 9.98. The summed E-state index contributed by atoms with van der Waals surface area (Å²) in [6, 6.07) is 4.20. The summed E-state index contributed by atoms with van der Waals surface area (Å²) in [5, 5.41) is 10.1. The highest BCUT2D eigenvalue weighted by Gasteiger charge is 2.22. The molecule has 0 atom stereocenters. The second-order valence-electron chi connectivity index (χ2n) is 8.51. The quantitative estimate of drug-likeness (QED) is 0.632. The molecule has 0 aromatic heterocycles. The highest BCUT2D eigenvalue weighted by Crippen LogP contribution is 2.24. The van der Waals surface area contributed by atoms with Crippen molar-refractivity contribution in [2.45, 2.75) is 102 Å². The van der Waals surface area contributed by atoms with Crippen LogP contribution in [-0.4, -0.2) is 29.3 Å². The molecule has 0 spiro atoms. The summed E-state index contributed by atoms with van der Waals surface area (Å²) in [5.74, 6) is -1.08. The average molecular weight is 403 g/mol. The Morgan fingerprint density at radius 2 is 0.966 bits per heavy atom. The van der Waals surface area contributed by atoms with Crippen LogP contribution in [0.5, 0.6) is 5.75 Å². The molecule has 160 valence electrons. The largest absolute Gasteiger partial charge is 0.508 e. The minimum absolute atomic E-state index is 0.0875. The lowest BCUT2D eigenvalue weighted by Crippen LogP contribution is -2.21. The summed E-state index contributed by atoms with van der Waals surface area (Å²) in [6.45, 7) is 0. The standard InChI is InChI=1S/C24H34O5/c25-20-16-18(23(26)28-21-11-7-3-1-4-8-12-21)15-19(17-20)24(27)29-22-13-9-5-2-6-10-14-22/h15-17,21-22,25H,1-14H2. The van der Waals surface area contributed by atoms with Crippen molar-refractivity contribution >= 4 is 11.9 Å². The zero-order chi connectivity index (χ0) is 20.5. The number of esters is 2. The molecule has 3 rings (SSSR count). The van der Waals surface area contributed by atoms with Crippen LogP contribution in [-0.2, 0) is 9.47 Å². The van der Waals surface area contributed by atoms with Gasteiger partial charge in [-0.3, -0.25) is 0 Å². The Morgan fingerprint density at radius 1 is 0.621 bits per heavy atom. The summed E-state index contributed by atoms with van der Waals surface area (Å²) in [4.78, 5) is 25.3. The summed E-state index contributed by atoms with van der Waals surface area (Å²) < 4.78 is 11.4. The van der Waals surface area contributed by atoms with Gasteiger partial charge in [-0.15, -0.1) is 0 Å². The van der Waals surface area contributed by atoms with Crippen LogP contribution < -0.4 is 0 Å². The van der Waals surface area contributed by atoms with E-state index in [0.717, 1.165) is 51.4 Å². The first-order chi connectivity index (χ1) is 14.1. The van der Waals surface area contributed by atoms with E-state index in [9.17, 15) is 14.7 Å². The first-order valence-corrected chi connectivity index (χ1v) is 11.4. The number of aromatic hydroxyl groups is 1. The number of hydrogen-bond acceptors (Lipinski definition) is 5. The first-order valence-electron chi connectivity index (χ1n) is 11.4. The molecule has 1 aromatic carbocycles. The molecule has 29 heavy (non-hydrogen) atoms. The predicted octanol–water partition coefficient (Wildman–Crippen LogP) is 5.93. The summed E-state index contributed by atoms with van der Waals surface area (Å²) in [5.41, 5.74) is 0.411. The van der Waals surface area contributed by atoms with Crippen molar-refractivity contribution in [1.29, 1.82) is 0 Å². The molecule has 2 fully saturated rings. The number of phenolic OH excluding ortho intramolecular Hbond substituents is 1. The Balaban J connectivity index is 1.63. The molecule has 5 heteroatoms. The van der Waals surface area contributed by atoms with Crippen LogP contribution >= 0.6 is 0 Å². The van der Waals surface area contributed by atoms with Crippen molar-refractivity contribution in [1.82, 2.24) is 0 Å². The van der Waals surface area contributed by atoms with E-state index in [1.165, 1.54) is 56.7 Å². The van der Waals surface area contributed by atoms with Gasteiger partial charge in [-0.2, -0.15) is 0 Å². The fourth-order valence-corrected chi connectivity index (χ4v) is 4.36. The molecule has 0 bridgehead atoms. The molecular formula is C24H34O5. The van der Waals surface area contributed by atoms with Crippen LogP contribution in [0.15, 0.2) is 18.2 Å². The Bertz CT molecular complexity index is 614. The molecule has 1 N–H and O–H groups in total. The molecule has 0 radical (unpaired) electrons. The minimum atomic E-state index is -0.480. The summed E-state index contributed by atoms with van der Waals surface area (Å²) >= 11 is 0. The van der Waals surface area contributed by atoms with E-state index in [2.05, 4.69) is 0 Å². The number of phenols is 1. The molecule has 0 amide bonds. The van der Waals surface area contributed by atoms with Gasteiger partial charge in [0.25, 0.3) is 0 Å². The SMILES string of the molecule is O=C(OC1CCCCCCC1)c1cc(O)cc(C(=O)OC2CCCCCCC2)c1. The Labute approximate surface area is 173 Å². The number of rotatable bonds is 4. The third-order valence-electron chi connectivity index (χ3n) is 6.04. The molecule has 2 saturated carbocycles. The lowest BCUT2D eigenvalue weighted by Gasteiger charge is -2.21. The van der Waals surface area contributed by atoms with Crippen LogP contribution in [0.3, 0.4) is 0 Å². The van der Waals surface area contributed by atoms with Gasteiger partial charge < -0.3 is 14.6 Å². The monoisotopic (exact) mass is 402 g/mol. The number of hydrogen-bond donors (Lipinski definition) is 1. The van der Waals surface area contributed by atoms with Gasteiger partial charge in [-0.25, -0.2) is 9.59 Å². The molecule has 5 nitrogen and oxygen atoms in total. The maximum Gasteiger partial charge on any atom is 0.338 e. The first kappa shape index (κ1) is 21.7. The van der Waals surface area contributed by atoms with Gasteiger partial charge in [0.1, 0.15) is 18.0 Å². The van der Waals surface area contributed by atoms with E-state index >= 15 is 0 Å². The van der Waals surface area contributed by atoms with E-state index in [1.807, 2.05) is 0 Å². The molecule has 2 aliphatic rings. The van der Waals surface area contributed by atoms with Crippen LogP contribution in [0.4, 0.5) is 0 Å². The number of benzene rings is 1. The van der Waals surface area contributed by atoms with E-state index < -0.39 is 11.9 Å². The lowest BCUT2D eigenvalue weighted by molar-refractivity contribution is 0.0237. The third kappa shape index (κ3) is 7.06. The third-order valence-corrected chi connectivity index (χ3v) is 6.04. The fourth-order valence-electron chi connectivity index (χ4n) is 4.36. The normalized spacial score (nSPS) is 20.0. The van der Waals surface area contributed by atoms with Crippen LogP contribution in [0.2, 0.25) is 0 Å².